The zero-order valence-electron chi connectivity index (χ0n) is 10.3. The molecule has 108 valence electrons. The van der Waals surface area contributed by atoms with Gasteiger partial charge in [0.15, 0.2) is 4.21 Å². The van der Waals surface area contributed by atoms with E-state index in [2.05, 4.69) is 20.3 Å². The van der Waals surface area contributed by atoms with Crippen molar-refractivity contribution >= 4 is 59.8 Å². The lowest BCUT2D eigenvalue weighted by Crippen LogP contribution is -2.26. The highest BCUT2D eigenvalue weighted by Crippen LogP contribution is 2.35. The molecule has 2 aromatic rings. The number of hydrogen-bond acceptors (Lipinski definition) is 6. The number of carboxylic acid groups (broad SMARTS) is 1. The van der Waals surface area contributed by atoms with Crippen molar-refractivity contribution in [2.24, 2.45) is 0 Å². The number of rotatable bonds is 4. The van der Waals surface area contributed by atoms with Crippen molar-refractivity contribution in [3.63, 3.8) is 0 Å². The number of halogens is 1. The Kier molecular flexibility index (Phi) is 4.19. The quantitative estimate of drug-likeness (QED) is 0.857. The summed E-state index contributed by atoms with van der Waals surface area (Å²) in [6, 6.07) is 1.63. The first-order valence-electron chi connectivity index (χ1n) is 5.18. The topological polar surface area (TPSA) is 87.6 Å². The Balaban J connectivity index is 2.55. The van der Waals surface area contributed by atoms with Gasteiger partial charge in [0.2, 0.25) is 0 Å². The van der Waals surface area contributed by atoms with Crippen LogP contribution < -0.4 is 4.31 Å². The second-order valence-corrected chi connectivity index (χ2v) is 8.47. The van der Waals surface area contributed by atoms with Crippen LogP contribution in [0, 0.1) is 6.92 Å². The minimum Gasteiger partial charge on any atom is -0.478 e. The van der Waals surface area contributed by atoms with Crippen molar-refractivity contribution in [2.45, 2.75) is 11.1 Å². The lowest BCUT2D eigenvalue weighted by molar-refractivity contribution is 0.0697. The van der Waals surface area contributed by atoms with Gasteiger partial charge in [-0.25, -0.2) is 13.2 Å². The largest absolute Gasteiger partial charge is 0.478 e. The van der Waals surface area contributed by atoms with Gasteiger partial charge in [-0.2, -0.15) is 4.37 Å². The highest BCUT2D eigenvalue weighted by molar-refractivity contribution is 9.10. The number of carbonyl (C=O) groups is 1. The molecule has 0 atom stereocenters. The van der Waals surface area contributed by atoms with Crippen molar-refractivity contribution in [2.75, 3.05) is 11.4 Å². The maximum absolute atomic E-state index is 12.5. The van der Waals surface area contributed by atoms with Gasteiger partial charge in [-0.05, 0) is 45.8 Å². The molecule has 0 fully saturated rings. The fourth-order valence-corrected chi connectivity index (χ4v) is 6.24. The van der Waals surface area contributed by atoms with E-state index in [9.17, 15) is 18.3 Å². The molecule has 0 aliphatic heterocycles. The van der Waals surface area contributed by atoms with Crippen LogP contribution >= 0.6 is 38.8 Å². The Labute approximate surface area is 132 Å². The van der Waals surface area contributed by atoms with Crippen LogP contribution in [-0.4, -0.2) is 30.9 Å². The molecule has 0 bridgehead atoms. The summed E-state index contributed by atoms with van der Waals surface area (Å²) in [6.45, 7) is 1.53. The Bertz CT molecular complexity index is 765. The van der Waals surface area contributed by atoms with E-state index in [0.717, 1.165) is 27.2 Å². The van der Waals surface area contributed by atoms with Crippen LogP contribution in [0.15, 0.2) is 20.1 Å². The maximum Gasteiger partial charge on any atom is 0.340 e. The van der Waals surface area contributed by atoms with Crippen LogP contribution in [0.5, 0.6) is 0 Å². The molecule has 2 aromatic heterocycles. The Morgan fingerprint density at radius 3 is 2.65 bits per heavy atom. The predicted octanol–water partition coefficient (Wildman–Crippen LogP) is 2.80. The summed E-state index contributed by atoms with van der Waals surface area (Å²) < 4.78 is 30.4. The minimum absolute atomic E-state index is 0.0891. The minimum atomic E-state index is -3.81. The summed E-state index contributed by atoms with van der Waals surface area (Å²) in [4.78, 5) is 11.2. The van der Waals surface area contributed by atoms with E-state index in [-0.39, 0.29) is 14.8 Å². The number of carboxylic acids is 1. The molecule has 6 nitrogen and oxygen atoms in total. The summed E-state index contributed by atoms with van der Waals surface area (Å²) in [6.07, 6.45) is 0. The molecule has 0 unspecified atom stereocenters. The number of sulfonamides is 1. The molecule has 20 heavy (non-hydrogen) atoms. The molecule has 1 N–H and O–H groups in total. The van der Waals surface area contributed by atoms with E-state index in [4.69, 9.17) is 0 Å². The molecule has 0 amide bonds. The smallest absolute Gasteiger partial charge is 0.340 e. The molecule has 2 heterocycles. The average Bonchev–Trinajstić information content (AvgIpc) is 2.94. The van der Waals surface area contributed by atoms with Crippen molar-refractivity contribution in [1.82, 2.24) is 4.37 Å². The third kappa shape index (κ3) is 2.48. The van der Waals surface area contributed by atoms with Gasteiger partial charge in [0, 0.05) is 11.5 Å². The van der Waals surface area contributed by atoms with Crippen LogP contribution in [0.25, 0.3) is 0 Å². The number of aromatic carboxylic acids is 1. The van der Waals surface area contributed by atoms with E-state index in [0.29, 0.717) is 10.2 Å². The Morgan fingerprint density at radius 1 is 1.50 bits per heavy atom. The molecule has 0 saturated carbocycles. The summed E-state index contributed by atoms with van der Waals surface area (Å²) in [7, 11) is -2.49. The van der Waals surface area contributed by atoms with Crippen LogP contribution in [0.1, 0.15) is 16.1 Å². The van der Waals surface area contributed by atoms with E-state index in [1.54, 1.807) is 11.4 Å². The van der Waals surface area contributed by atoms with Crippen molar-refractivity contribution in [3.05, 3.63) is 27.2 Å². The number of aromatic nitrogens is 1. The third-order valence-corrected chi connectivity index (χ3v) is 8.06. The fourth-order valence-electron chi connectivity index (χ4n) is 1.52. The van der Waals surface area contributed by atoms with Gasteiger partial charge in [0.05, 0.1) is 5.69 Å². The second-order valence-electron chi connectivity index (χ2n) is 3.78. The van der Waals surface area contributed by atoms with Gasteiger partial charge in [-0.1, -0.05) is 0 Å². The third-order valence-electron chi connectivity index (χ3n) is 2.52. The lowest BCUT2D eigenvalue weighted by atomic mass is 10.2. The summed E-state index contributed by atoms with van der Waals surface area (Å²) >= 11 is 5.08. The van der Waals surface area contributed by atoms with E-state index in [1.165, 1.54) is 14.0 Å². The molecule has 0 aliphatic rings. The standard InChI is InChI=1S/C10H9BrN2O4S3/c1-5-7(9(14)15)8(19-12-5)13(2)20(16,17)10-6(11)3-4-18-10/h3-4H,1-2H3,(H,14,15). The average molecular weight is 397 g/mol. The predicted molar refractivity (Wildman–Crippen MR) is 81.4 cm³/mol. The lowest BCUT2D eigenvalue weighted by Gasteiger charge is -2.17. The highest BCUT2D eigenvalue weighted by Gasteiger charge is 2.30. The summed E-state index contributed by atoms with van der Waals surface area (Å²) in [5, 5.41) is 10.9. The monoisotopic (exact) mass is 396 g/mol. The fraction of sp³-hybridized carbons (Fsp3) is 0.200. The number of thiophene rings is 1. The van der Waals surface area contributed by atoms with Gasteiger partial charge in [0.25, 0.3) is 10.0 Å². The highest BCUT2D eigenvalue weighted by atomic mass is 79.9. The van der Waals surface area contributed by atoms with Gasteiger partial charge in [0.1, 0.15) is 10.6 Å². The molecule has 0 radical (unpaired) electrons. The maximum atomic E-state index is 12.5. The first-order valence-corrected chi connectivity index (χ1v) is 9.07. The molecule has 0 aromatic carbocycles. The van der Waals surface area contributed by atoms with Gasteiger partial charge in [-0.3, -0.25) is 4.31 Å². The van der Waals surface area contributed by atoms with Crippen LogP contribution in [-0.2, 0) is 10.0 Å². The summed E-state index contributed by atoms with van der Waals surface area (Å²) in [5.74, 6) is -1.20. The van der Waals surface area contributed by atoms with Crippen molar-refractivity contribution in [1.29, 1.82) is 0 Å². The number of nitrogens with zero attached hydrogens (tertiary/aromatic N) is 2. The van der Waals surface area contributed by atoms with Crippen molar-refractivity contribution < 1.29 is 18.3 Å². The van der Waals surface area contributed by atoms with Crippen LogP contribution in [0.2, 0.25) is 0 Å². The van der Waals surface area contributed by atoms with Gasteiger partial charge >= 0.3 is 5.97 Å². The molecular formula is C10H9BrN2O4S3. The van der Waals surface area contributed by atoms with Crippen molar-refractivity contribution in [3.8, 4) is 0 Å². The van der Waals surface area contributed by atoms with Crippen LogP contribution in [0.3, 0.4) is 0 Å². The van der Waals surface area contributed by atoms with E-state index >= 15 is 0 Å². The number of hydrogen-bond donors (Lipinski definition) is 1. The molecular weight excluding hydrogens is 388 g/mol. The first-order chi connectivity index (χ1) is 9.26. The van der Waals surface area contributed by atoms with E-state index < -0.39 is 16.0 Å². The molecule has 2 rings (SSSR count). The zero-order chi connectivity index (χ0) is 15.1. The second kappa shape index (κ2) is 5.43. The number of aryl methyl sites for hydroxylation is 1. The van der Waals surface area contributed by atoms with Gasteiger partial charge < -0.3 is 5.11 Å². The first kappa shape index (κ1) is 15.4. The van der Waals surface area contributed by atoms with Gasteiger partial charge in [-0.15, -0.1) is 11.3 Å². The Hall–Kier alpha value is -0.970. The van der Waals surface area contributed by atoms with E-state index in [1.807, 2.05) is 0 Å². The molecule has 10 heteroatoms. The summed E-state index contributed by atoms with van der Waals surface area (Å²) in [5.41, 5.74) is 0.207. The zero-order valence-corrected chi connectivity index (χ0v) is 14.4. The molecule has 0 aliphatic carbocycles. The molecule has 0 saturated heterocycles. The molecule has 0 spiro atoms. The SMILES string of the molecule is Cc1nsc(N(C)S(=O)(=O)c2sccc2Br)c1C(=O)O. The van der Waals surface area contributed by atoms with Crippen LogP contribution in [0.4, 0.5) is 5.00 Å². The Morgan fingerprint density at radius 2 is 2.15 bits per heavy atom. The number of anilines is 1. The normalized spacial score (nSPS) is 11.6.